The van der Waals surface area contributed by atoms with Crippen molar-refractivity contribution in [3.05, 3.63) is 58.1 Å². The van der Waals surface area contributed by atoms with Crippen molar-refractivity contribution in [1.82, 2.24) is 0 Å². The number of ketones is 1. The quantitative estimate of drug-likeness (QED) is 0.668. The third-order valence-electron chi connectivity index (χ3n) is 3.13. The van der Waals surface area contributed by atoms with Crippen LogP contribution >= 0.6 is 11.8 Å². The van der Waals surface area contributed by atoms with Crippen LogP contribution in [0, 0.1) is 0 Å². The molecule has 5 heteroatoms. The van der Waals surface area contributed by atoms with Crippen molar-refractivity contribution in [2.45, 2.75) is 24.3 Å². The average molecular weight is 318 g/mol. The Labute approximate surface area is 134 Å². The fraction of sp³-hybridized carbons (Fsp3) is 0.294. The third kappa shape index (κ3) is 2.71. The first kappa shape index (κ1) is 16.4. The van der Waals surface area contributed by atoms with Gasteiger partial charge < -0.3 is 14.6 Å². The molecule has 1 aliphatic rings. The van der Waals surface area contributed by atoms with E-state index in [0.717, 1.165) is 10.5 Å². The summed E-state index contributed by atoms with van der Waals surface area (Å²) < 4.78 is 10.2. The molecule has 0 saturated heterocycles. The number of hydrogen-bond acceptors (Lipinski definition) is 5. The van der Waals surface area contributed by atoms with Crippen molar-refractivity contribution in [2.24, 2.45) is 0 Å². The standard InChI is InChI=1S/C17H18O4S/c1-11(2)10-13(22-12-8-6-5-7-9-12)17(19)15(18)14(20-3)16(17)21-4/h5-9,19H,1-4H3. The van der Waals surface area contributed by atoms with Crippen molar-refractivity contribution in [3.8, 4) is 0 Å². The predicted molar refractivity (Wildman–Crippen MR) is 85.2 cm³/mol. The first-order valence-electron chi connectivity index (χ1n) is 6.72. The summed E-state index contributed by atoms with van der Waals surface area (Å²) in [5.41, 5.74) is 2.08. The molecule has 22 heavy (non-hydrogen) atoms. The Morgan fingerprint density at radius 3 is 2.32 bits per heavy atom. The molecular weight excluding hydrogens is 300 g/mol. The average Bonchev–Trinajstić information content (AvgIpc) is 2.50. The second-order valence-electron chi connectivity index (χ2n) is 4.98. The van der Waals surface area contributed by atoms with Crippen molar-refractivity contribution >= 4 is 17.5 Å². The lowest BCUT2D eigenvalue weighted by Crippen LogP contribution is -2.52. The fourth-order valence-electron chi connectivity index (χ4n) is 2.13. The molecule has 0 saturated carbocycles. The van der Waals surface area contributed by atoms with Crippen LogP contribution in [0.1, 0.15) is 13.8 Å². The molecule has 0 fully saturated rings. The van der Waals surface area contributed by atoms with Gasteiger partial charge in [-0.15, -0.1) is 5.73 Å². The molecular formula is C17H18O4S. The van der Waals surface area contributed by atoms with Gasteiger partial charge in [0.2, 0.25) is 17.1 Å². The molecule has 0 aliphatic heterocycles. The van der Waals surface area contributed by atoms with E-state index in [1.165, 1.54) is 26.0 Å². The van der Waals surface area contributed by atoms with Crippen LogP contribution in [0.3, 0.4) is 0 Å². The molecule has 4 nitrogen and oxygen atoms in total. The van der Waals surface area contributed by atoms with E-state index in [0.29, 0.717) is 4.91 Å². The second kappa shape index (κ2) is 6.44. The summed E-state index contributed by atoms with van der Waals surface area (Å²) in [7, 11) is 2.78. The smallest absolute Gasteiger partial charge is 0.246 e. The molecule has 1 N–H and O–H groups in total. The monoisotopic (exact) mass is 318 g/mol. The molecule has 1 atom stereocenters. The number of benzene rings is 1. The first-order valence-corrected chi connectivity index (χ1v) is 7.54. The van der Waals surface area contributed by atoms with Crippen molar-refractivity contribution in [2.75, 3.05) is 14.2 Å². The summed E-state index contributed by atoms with van der Waals surface area (Å²) >= 11 is 1.28. The number of carbonyl (C=O) groups excluding carboxylic acids is 1. The minimum Gasteiger partial charge on any atom is -0.493 e. The minimum atomic E-state index is -1.84. The Kier molecular flexibility index (Phi) is 4.81. The summed E-state index contributed by atoms with van der Waals surface area (Å²) in [6.07, 6.45) is 0. The molecule has 1 aromatic carbocycles. The van der Waals surface area contributed by atoms with Gasteiger partial charge in [-0.3, -0.25) is 4.79 Å². The highest BCUT2D eigenvalue weighted by atomic mass is 32.2. The van der Waals surface area contributed by atoms with Gasteiger partial charge in [-0.1, -0.05) is 30.0 Å². The maximum Gasteiger partial charge on any atom is 0.246 e. The molecule has 1 aromatic rings. The van der Waals surface area contributed by atoms with Gasteiger partial charge in [0.05, 0.1) is 19.1 Å². The van der Waals surface area contributed by atoms with Crippen LogP contribution in [0.5, 0.6) is 0 Å². The zero-order valence-corrected chi connectivity index (χ0v) is 13.8. The number of ether oxygens (including phenoxy) is 2. The van der Waals surface area contributed by atoms with Gasteiger partial charge in [-0.25, -0.2) is 0 Å². The van der Waals surface area contributed by atoms with E-state index in [9.17, 15) is 9.90 Å². The molecule has 0 bridgehead atoms. The van der Waals surface area contributed by atoms with Crippen LogP contribution in [0.4, 0.5) is 0 Å². The number of carbonyl (C=O) groups is 1. The lowest BCUT2D eigenvalue weighted by molar-refractivity contribution is -0.140. The number of hydrogen-bond donors (Lipinski definition) is 1. The van der Waals surface area contributed by atoms with Gasteiger partial charge in [-0.2, -0.15) is 0 Å². The molecule has 1 aliphatic carbocycles. The summed E-state index contributed by atoms with van der Waals surface area (Å²) in [4.78, 5) is 13.6. The number of rotatable bonds is 5. The predicted octanol–water partition coefficient (Wildman–Crippen LogP) is 3.05. The maximum absolute atomic E-state index is 12.3. The molecule has 0 aromatic heterocycles. The van der Waals surface area contributed by atoms with E-state index in [1.807, 2.05) is 44.2 Å². The van der Waals surface area contributed by atoms with Crippen LogP contribution < -0.4 is 0 Å². The highest BCUT2D eigenvalue weighted by molar-refractivity contribution is 8.03. The molecule has 0 radical (unpaired) electrons. The van der Waals surface area contributed by atoms with E-state index in [1.54, 1.807) is 0 Å². The molecule has 0 heterocycles. The molecule has 0 spiro atoms. The van der Waals surface area contributed by atoms with Crippen LogP contribution in [-0.4, -0.2) is 30.7 Å². The van der Waals surface area contributed by atoms with Gasteiger partial charge in [0, 0.05) is 4.90 Å². The Hall–Kier alpha value is -1.94. The van der Waals surface area contributed by atoms with Crippen molar-refractivity contribution in [1.29, 1.82) is 0 Å². The Balaban J connectivity index is 2.51. The lowest BCUT2D eigenvalue weighted by Gasteiger charge is -2.37. The van der Waals surface area contributed by atoms with Crippen LogP contribution in [-0.2, 0) is 14.3 Å². The zero-order chi connectivity index (χ0) is 16.3. The summed E-state index contributed by atoms with van der Waals surface area (Å²) in [6.45, 7) is 3.71. The zero-order valence-electron chi connectivity index (χ0n) is 13.0. The van der Waals surface area contributed by atoms with Gasteiger partial charge in [0.15, 0.2) is 5.76 Å². The van der Waals surface area contributed by atoms with E-state index >= 15 is 0 Å². The Morgan fingerprint density at radius 1 is 1.18 bits per heavy atom. The normalized spacial score (nSPS) is 20.1. The second-order valence-corrected chi connectivity index (χ2v) is 6.06. The van der Waals surface area contributed by atoms with Crippen molar-refractivity contribution in [3.63, 3.8) is 0 Å². The lowest BCUT2D eigenvalue weighted by atomic mass is 9.82. The maximum atomic E-state index is 12.3. The van der Waals surface area contributed by atoms with E-state index in [2.05, 4.69) is 5.73 Å². The highest BCUT2D eigenvalue weighted by Gasteiger charge is 2.59. The van der Waals surface area contributed by atoms with Gasteiger partial charge in [-0.05, 0) is 31.6 Å². The largest absolute Gasteiger partial charge is 0.493 e. The van der Waals surface area contributed by atoms with E-state index in [4.69, 9.17) is 9.47 Å². The topological polar surface area (TPSA) is 55.8 Å². The SMILES string of the molecule is COC1=C(OC)C(O)(C(=C=C(C)C)Sc2ccccc2)C1=O. The number of methoxy groups -OCH3 is 2. The van der Waals surface area contributed by atoms with Gasteiger partial charge in [0.25, 0.3) is 0 Å². The fourth-order valence-corrected chi connectivity index (χ4v) is 3.24. The Bertz CT molecular complexity index is 680. The van der Waals surface area contributed by atoms with E-state index < -0.39 is 11.4 Å². The van der Waals surface area contributed by atoms with E-state index in [-0.39, 0.29) is 11.5 Å². The highest BCUT2D eigenvalue weighted by Crippen LogP contribution is 2.47. The van der Waals surface area contributed by atoms with Crippen LogP contribution in [0.2, 0.25) is 0 Å². The molecule has 1 unspecified atom stereocenters. The number of aliphatic hydroxyl groups is 1. The van der Waals surface area contributed by atoms with Gasteiger partial charge in [0.1, 0.15) is 0 Å². The molecule has 0 amide bonds. The first-order chi connectivity index (χ1) is 10.4. The summed E-state index contributed by atoms with van der Waals surface area (Å²) in [5, 5.41) is 10.9. The number of Topliss-reactive ketones (excluding diaryl/α,β-unsaturated/α-hetero) is 1. The molecule has 116 valence electrons. The summed E-state index contributed by atoms with van der Waals surface area (Å²) in [6, 6.07) is 9.49. The summed E-state index contributed by atoms with van der Waals surface area (Å²) in [5.74, 6) is -0.349. The van der Waals surface area contributed by atoms with Crippen LogP contribution in [0.25, 0.3) is 0 Å². The number of thioether (sulfide) groups is 1. The molecule has 2 rings (SSSR count). The van der Waals surface area contributed by atoms with Crippen LogP contribution in [0.15, 0.2) is 63.0 Å². The minimum absolute atomic E-state index is 0.0479. The Morgan fingerprint density at radius 2 is 1.82 bits per heavy atom. The van der Waals surface area contributed by atoms with Gasteiger partial charge >= 0.3 is 0 Å². The van der Waals surface area contributed by atoms with Crippen molar-refractivity contribution < 1.29 is 19.4 Å². The third-order valence-corrected chi connectivity index (χ3v) is 4.24.